The maximum absolute atomic E-state index is 12.7. The molecule has 0 spiro atoms. The number of aromatic nitrogens is 2. The highest BCUT2D eigenvalue weighted by Crippen LogP contribution is 2.36. The number of pyridine rings is 1. The first kappa shape index (κ1) is 19.8. The minimum absolute atomic E-state index is 0.150. The Morgan fingerprint density at radius 2 is 2.11 bits per heavy atom. The lowest BCUT2D eigenvalue weighted by Crippen LogP contribution is -2.56. The van der Waals surface area contributed by atoms with E-state index in [0.29, 0.717) is 24.2 Å². The van der Waals surface area contributed by atoms with Gasteiger partial charge >= 0.3 is 6.09 Å². The topological polar surface area (TPSA) is 84.1 Å². The van der Waals surface area contributed by atoms with Gasteiger partial charge in [0, 0.05) is 22.8 Å². The summed E-state index contributed by atoms with van der Waals surface area (Å²) in [5.74, 6) is 0. The Morgan fingerprint density at radius 1 is 1.44 bits per heavy atom. The molecule has 1 amide bonds. The zero-order chi connectivity index (χ0) is 20.0. The van der Waals surface area contributed by atoms with Gasteiger partial charge in [0.1, 0.15) is 11.2 Å². The van der Waals surface area contributed by atoms with Crippen LogP contribution in [0.2, 0.25) is 0 Å². The molecule has 0 radical (unpaired) electrons. The summed E-state index contributed by atoms with van der Waals surface area (Å²) in [7, 11) is 0. The predicted octanol–water partition coefficient (Wildman–Crippen LogP) is 3.11. The molecule has 1 N–H and O–H groups in total. The van der Waals surface area contributed by atoms with Gasteiger partial charge in [-0.1, -0.05) is 0 Å². The van der Waals surface area contributed by atoms with Crippen molar-refractivity contribution in [2.45, 2.75) is 64.3 Å². The lowest BCUT2D eigenvalue weighted by Gasteiger charge is -2.46. The number of aliphatic hydroxyl groups is 1. The molecule has 0 aromatic carbocycles. The molecule has 1 aliphatic carbocycles. The minimum atomic E-state index is -0.784. The third kappa shape index (κ3) is 4.68. The minimum Gasteiger partial charge on any atom is -0.444 e. The number of nitrogens with zero attached hydrogens (tertiary/aromatic N) is 3. The molecule has 2 aromatic rings. The van der Waals surface area contributed by atoms with Crippen molar-refractivity contribution in [1.82, 2.24) is 14.3 Å². The summed E-state index contributed by atoms with van der Waals surface area (Å²) < 4.78 is 7.74. The lowest BCUT2D eigenvalue weighted by atomic mass is 9.76. The number of rotatable bonds is 3. The summed E-state index contributed by atoms with van der Waals surface area (Å²) in [6, 6.07) is 4.81. The van der Waals surface area contributed by atoms with Crippen molar-refractivity contribution < 1.29 is 14.6 Å². The molecule has 27 heavy (non-hydrogen) atoms. The largest absolute Gasteiger partial charge is 0.444 e. The van der Waals surface area contributed by atoms with Crippen LogP contribution in [-0.2, 0) is 11.3 Å². The molecule has 0 atom stereocenters. The van der Waals surface area contributed by atoms with Crippen LogP contribution in [0.5, 0.6) is 0 Å². The number of hydrogen-bond donors (Lipinski definition) is 1. The van der Waals surface area contributed by atoms with Gasteiger partial charge in [-0.25, -0.2) is 9.78 Å². The fraction of sp³-hybridized carbons (Fsp3) is 0.526. The maximum Gasteiger partial charge on any atom is 0.410 e. The van der Waals surface area contributed by atoms with E-state index in [4.69, 9.17) is 4.74 Å². The van der Waals surface area contributed by atoms with E-state index in [1.165, 1.54) is 10.5 Å². The van der Waals surface area contributed by atoms with Crippen LogP contribution in [0.25, 0.3) is 5.65 Å². The summed E-state index contributed by atoms with van der Waals surface area (Å²) in [6.07, 6.45) is 2.11. The second kappa shape index (κ2) is 6.91. The molecule has 1 fully saturated rings. The van der Waals surface area contributed by atoms with Crippen LogP contribution in [-0.4, -0.2) is 42.7 Å². The van der Waals surface area contributed by atoms with E-state index in [-0.39, 0.29) is 18.1 Å². The van der Waals surface area contributed by atoms with Gasteiger partial charge in [0.15, 0.2) is 0 Å². The van der Waals surface area contributed by atoms with Gasteiger partial charge in [0.25, 0.3) is 5.56 Å². The van der Waals surface area contributed by atoms with Crippen LogP contribution >= 0.6 is 15.9 Å². The normalized spacial score (nSPS) is 22.4. The van der Waals surface area contributed by atoms with Gasteiger partial charge in [-0.05, 0) is 68.6 Å². The Hall–Kier alpha value is -1.93. The summed E-state index contributed by atoms with van der Waals surface area (Å²) in [4.78, 5) is 31.2. The smallest absolute Gasteiger partial charge is 0.410 e. The first-order chi connectivity index (χ1) is 12.4. The zero-order valence-electron chi connectivity index (χ0n) is 15.9. The summed E-state index contributed by atoms with van der Waals surface area (Å²) in [5, 5.41) is 10.1. The molecule has 1 saturated carbocycles. The van der Waals surface area contributed by atoms with Crippen molar-refractivity contribution in [3.63, 3.8) is 0 Å². The second-order valence-electron chi connectivity index (χ2n) is 8.33. The van der Waals surface area contributed by atoms with Crippen molar-refractivity contribution >= 4 is 27.7 Å². The summed E-state index contributed by atoms with van der Waals surface area (Å²) >= 11 is 3.34. The molecule has 0 aliphatic heterocycles. The van der Waals surface area contributed by atoms with Crippen LogP contribution in [0.3, 0.4) is 0 Å². The third-order valence-electron chi connectivity index (χ3n) is 4.43. The maximum atomic E-state index is 12.7. The second-order valence-corrected chi connectivity index (χ2v) is 9.24. The molecule has 3 rings (SSSR count). The Bertz CT molecular complexity index is 925. The van der Waals surface area contributed by atoms with Gasteiger partial charge in [0.2, 0.25) is 0 Å². The number of fused-ring (bicyclic) bond motifs is 1. The fourth-order valence-electron chi connectivity index (χ4n) is 3.22. The van der Waals surface area contributed by atoms with E-state index in [1.54, 1.807) is 50.9 Å². The van der Waals surface area contributed by atoms with Gasteiger partial charge in [-0.15, -0.1) is 0 Å². The van der Waals surface area contributed by atoms with Crippen molar-refractivity contribution in [3.05, 3.63) is 44.9 Å². The number of hydrogen-bond acceptors (Lipinski definition) is 5. The van der Waals surface area contributed by atoms with E-state index in [9.17, 15) is 14.7 Å². The first-order valence-electron chi connectivity index (χ1n) is 8.83. The number of ether oxygens (including phenoxy) is 1. The molecular weight excluding hydrogens is 414 g/mol. The van der Waals surface area contributed by atoms with E-state index in [2.05, 4.69) is 20.9 Å². The van der Waals surface area contributed by atoms with Crippen LogP contribution < -0.4 is 5.56 Å². The van der Waals surface area contributed by atoms with E-state index >= 15 is 0 Å². The van der Waals surface area contributed by atoms with E-state index < -0.39 is 17.3 Å². The standard InChI is InChI=1S/C19H24BrN3O4/c1-18(2,3)27-17(25)22(14-8-19(4,26)9-14)11-13-7-16(24)23-10-12(20)5-6-15(23)21-13/h5-7,10,14,26H,8-9,11H2,1-4H3. The van der Waals surface area contributed by atoms with Gasteiger partial charge in [0.05, 0.1) is 17.8 Å². The highest BCUT2D eigenvalue weighted by atomic mass is 79.9. The number of carbonyl (C=O) groups is 1. The lowest BCUT2D eigenvalue weighted by molar-refractivity contribution is -0.0822. The van der Waals surface area contributed by atoms with Crippen molar-refractivity contribution in [3.8, 4) is 0 Å². The Kier molecular flexibility index (Phi) is 5.07. The molecule has 2 aromatic heterocycles. The SMILES string of the molecule is CC1(O)CC(N(Cc2cc(=O)n3cc(Br)ccc3n2)C(=O)OC(C)(C)C)C1. The highest BCUT2D eigenvalue weighted by molar-refractivity contribution is 9.10. The average molecular weight is 438 g/mol. The van der Waals surface area contributed by atoms with Gasteiger partial charge in [-0.3, -0.25) is 14.1 Å². The quantitative estimate of drug-likeness (QED) is 0.796. The van der Waals surface area contributed by atoms with Crippen LogP contribution in [0.4, 0.5) is 4.79 Å². The molecular formula is C19H24BrN3O4. The molecule has 1 aliphatic rings. The molecule has 8 heteroatoms. The van der Waals surface area contributed by atoms with Crippen molar-refractivity contribution in [2.24, 2.45) is 0 Å². The predicted molar refractivity (Wildman–Crippen MR) is 105 cm³/mol. The molecule has 2 heterocycles. The molecule has 0 saturated heterocycles. The first-order valence-corrected chi connectivity index (χ1v) is 9.63. The molecule has 0 unspecified atom stereocenters. The fourth-order valence-corrected chi connectivity index (χ4v) is 3.56. The summed E-state index contributed by atoms with van der Waals surface area (Å²) in [6.45, 7) is 7.31. The molecule has 7 nitrogen and oxygen atoms in total. The van der Waals surface area contributed by atoms with E-state index in [1.807, 2.05) is 0 Å². The number of halogens is 1. The molecule has 146 valence electrons. The van der Waals surface area contributed by atoms with Crippen molar-refractivity contribution in [2.75, 3.05) is 0 Å². The van der Waals surface area contributed by atoms with E-state index in [0.717, 1.165) is 4.47 Å². The Morgan fingerprint density at radius 3 is 2.70 bits per heavy atom. The number of carbonyl (C=O) groups excluding carboxylic acids is 1. The number of amides is 1. The van der Waals surface area contributed by atoms with Crippen LogP contribution in [0.15, 0.2) is 33.7 Å². The Balaban J connectivity index is 1.89. The van der Waals surface area contributed by atoms with Crippen LogP contribution in [0.1, 0.15) is 46.2 Å². The summed E-state index contributed by atoms with van der Waals surface area (Å²) in [5.41, 5.74) is -0.649. The third-order valence-corrected chi connectivity index (χ3v) is 4.90. The zero-order valence-corrected chi connectivity index (χ0v) is 17.5. The Labute approximate surface area is 166 Å². The monoisotopic (exact) mass is 437 g/mol. The van der Waals surface area contributed by atoms with Crippen LogP contribution in [0, 0.1) is 0 Å². The van der Waals surface area contributed by atoms with Crippen molar-refractivity contribution in [1.29, 1.82) is 0 Å². The van der Waals surface area contributed by atoms with Gasteiger partial charge < -0.3 is 9.84 Å². The average Bonchev–Trinajstić information content (AvgIpc) is 2.49. The highest BCUT2D eigenvalue weighted by Gasteiger charge is 2.44. The van der Waals surface area contributed by atoms with Gasteiger partial charge in [-0.2, -0.15) is 0 Å². The molecule has 0 bridgehead atoms.